The molecular formula is C8H13N5O. The molecule has 0 aliphatic carbocycles. The number of aromatic nitrogens is 2. The van der Waals surface area contributed by atoms with Crippen LogP contribution in [0.25, 0.3) is 0 Å². The molecule has 2 amide bonds. The van der Waals surface area contributed by atoms with E-state index in [2.05, 4.69) is 21.0 Å². The molecule has 3 N–H and O–H groups in total. The van der Waals surface area contributed by atoms with Gasteiger partial charge in [-0.05, 0) is 0 Å². The normalized spacial score (nSPS) is 16.1. The Labute approximate surface area is 81.7 Å². The lowest BCUT2D eigenvalue weighted by atomic mass is 10.2. The summed E-state index contributed by atoms with van der Waals surface area (Å²) < 4.78 is 1.83. The van der Waals surface area contributed by atoms with E-state index in [0.29, 0.717) is 6.04 Å². The molecule has 6 heteroatoms. The zero-order valence-electron chi connectivity index (χ0n) is 7.95. The highest BCUT2D eigenvalue weighted by molar-refractivity contribution is 5.88. The van der Waals surface area contributed by atoms with Gasteiger partial charge < -0.3 is 10.6 Å². The molecule has 1 saturated heterocycles. The van der Waals surface area contributed by atoms with Crippen LogP contribution in [0.4, 0.5) is 10.6 Å². The molecule has 1 aromatic heterocycles. The molecule has 0 radical (unpaired) electrons. The van der Waals surface area contributed by atoms with E-state index >= 15 is 0 Å². The van der Waals surface area contributed by atoms with Crippen molar-refractivity contribution in [3.8, 4) is 0 Å². The van der Waals surface area contributed by atoms with Crippen molar-refractivity contribution in [1.29, 1.82) is 0 Å². The fraction of sp³-hybridized carbons (Fsp3) is 0.500. The third-order valence-electron chi connectivity index (χ3n) is 2.24. The molecule has 76 valence electrons. The SMILES string of the molecule is CNC(=O)Nc1ccnn1C1CNC1. The largest absolute Gasteiger partial charge is 0.341 e. The molecule has 0 unspecified atom stereocenters. The monoisotopic (exact) mass is 195 g/mol. The molecule has 2 heterocycles. The highest BCUT2D eigenvalue weighted by Gasteiger charge is 2.21. The average molecular weight is 195 g/mol. The summed E-state index contributed by atoms with van der Waals surface area (Å²) >= 11 is 0. The van der Waals surface area contributed by atoms with Gasteiger partial charge in [-0.25, -0.2) is 9.48 Å². The minimum absolute atomic E-state index is 0.223. The van der Waals surface area contributed by atoms with E-state index in [9.17, 15) is 4.79 Å². The summed E-state index contributed by atoms with van der Waals surface area (Å²) in [6.45, 7) is 1.81. The average Bonchev–Trinajstić information content (AvgIpc) is 2.50. The van der Waals surface area contributed by atoms with Crippen LogP contribution in [-0.4, -0.2) is 35.9 Å². The molecule has 6 nitrogen and oxygen atoms in total. The molecule has 1 fully saturated rings. The molecule has 0 spiro atoms. The number of carbonyl (C=O) groups is 1. The van der Waals surface area contributed by atoms with E-state index in [1.54, 1.807) is 19.3 Å². The first-order chi connectivity index (χ1) is 6.81. The summed E-state index contributed by atoms with van der Waals surface area (Å²) in [5.74, 6) is 0.732. The lowest BCUT2D eigenvalue weighted by Crippen LogP contribution is -2.44. The summed E-state index contributed by atoms with van der Waals surface area (Å²) in [6.07, 6.45) is 1.68. The van der Waals surface area contributed by atoms with Crippen molar-refractivity contribution in [3.63, 3.8) is 0 Å². The van der Waals surface area contributed by atoms with E-state index in [1.165, 1.54) is 0 Å². The predicted molar refractivity (Wildman–Crippen MR) is 52.2 cm³/mol. The molecule has 0 saturated carbocycles. The van der Waals surface area contributed by atoms with Crippen molar-refractivity contribution >= 4 is 11.8 Å². The maximum absolute atomic E-state index is 11.1. The third kappa shape index (κ3) is 1.56. The Morgan fingerprint density at radius 2 is 2.50 bits per heavy atom. The van der Waals surface area contributed by atoms with Gasteiger partial charge in [-0.2, -0.15) is 5.10 Å². The second-order valence-corrected chi connectivity index (χ2v) is 3.18. The smallest absolute Gasteiger partial charge is 0.320 e. The predicted octanol–water partition coefficient (Wildman–Crippen LogP) is -0.221. The highest BCUT2D eigenvalue weighted by Crippen LogP contribution is 2.16. The van der Waals surface area contributed by atoms with E-state index in [1.807, 2.05) is 4.68 Å². The van der Waals surface area contributed by atoms with E-state index < -0.39 is 0 Å². The van der Waals surface area contributed by atoms with Crippen molar-refractivity contribution in [2.45, 2.75) is 6.04 Å². The van der Waals surface area contributed by atoms with Crippen molar-refractivity contribution in [2.75, 3.05) is 25.5 Å². The van der Waals surface area contributed by atoms with Gasteiger partial charge in [0.1, 0.15) is 5.82 Å². The van der Waals surface area contributed by atoms with Crippen LogP contribution in [0.3, 0.4) is 0 Å². The Balaban J connectivity index is 2.08. The molecule has 1 aliphatic heterocycles. The van der Waals surface area contributed by atoms with Gasteiger partial charge in [0.25, 0.3) is 0 Å². The van der Waals surface area contributed by atoms with Crippen LogP contribution in [0.5, 0.6) is 0 Å². The van der Waals surface area contributed by atoms with Crippen LogP contribution in [0.2, 0.25) is 0 Å². The number of nitrogens with one attached hydrogen (secondary N) is 3. The molecule has 0 aromatic carbocycles. The fourth-order valence-electron chi connectivity index (χ4n) is 1.33. The standard InChI is InChI=1S/C8H13N5O/c1-9-8(14)12-7-2-3-11-13(7)6-4-10-5-6/h2-3,6,10H,4-5H2,1H3,(H2,9,12,14). The number of anilines is 1. The Morgan fingerprint density at radius 3 is 3.07 bits per heavy atom. The maximum Gasteiger partial charge on any atom is 0.320 e. The van der Waals surface area contributed by atoms with Crippen LogP contribution >= 0.6 is 0 Å². The fourth-order valence-corrected chi connectivity index (χ4v) is 1.33. The molecule has 14 heavy (non-hydrogen) atoms. The number of carbonyl (C=O) groups excluding carboxylic acids is 1. The number of hydrogen-bond acceptors (Lipinski definition) is 3. The molecule has 1 aromatic rings. The van der Waals surface area contributed by atoms with Crippen molar-refractivity contribution in [2.24, 2.45) is 0 Å². The zero-order valence-corrected chi connectivity index (χ0v) is 7.95. The number of nitrogens with zero attached hydrogens (tertiary/aromatic N) is 2. The van der Waals surface area contributed by atoms with Crippen LogP contribution < -0.4 is 16.0 Å². The van der Waals surface area contributed by atoms with Gasteiger partial charge in [0.2, 0.25) is 0 Å². The summed E-state index contributed by atoms with van der Waals surface area (Å²) in [4.78, 5) is 11.1. The van der Waals surface area contributed by atoms with Crippen LogP contribution in [-0.2, 0) is 0 Å². The summed E-state index contributed by atoms with van der Waals surface area (Å²) in [5, 5.41) is 12.5. The van der Waals surface area contributed by atoms with Gasteiger partial charge in [-0.3, -0.25) is 5.32 Å². The minimum Gasteiger partial charge on any atom is -0.341 e. The number of rotatable bonds is 2. The van der Waals surface area contributed by atoms with Crippen LogP contribution in [0, 0.1) is 0 Å². The molecule has 0 bridgehead atoms. The second-order valence-electron chi connectivity index (χ2n) is 3.18. The Bertz CT molecular complexity index is 330. The molecular weight excluding hydrogens is 182 g/mol. The summed E-state index contributed by atoms with van der Waals surface area (Å²) in [7, 11) is 1.58. The molecule has 0 atom stereocenters. The van der Waals surface area contributed by atoms with Crippen molar-refractivity contribution in [1.82, 2.24) is 20.4 Å². The lowest BCUT2D eigenvalue weighted by molar-refractivity contribution is 0.253. The van der Waals surface area contributed by atoms with Gasteiger partial charge in [0.05, 0.1) is 12.2 Å². The van der Waals surface area contributed by atoms with E-state index in [-0.39, 0.29) is 6.03 Å². The summed E-state index contributed by atoms with van der Waals surface area (Å²) in [6, 6.07) is 1.92. The lowest BCUT2D eigenvalue weighted by Gasteiger charge is -2.28. The number of hydrogen-bond donors (Lipinski definition) is 3. The second kappa shape index (κ2) is 3.67. The van der Waals surface area contributed by atoms with E-state index in [0.717, 1.165) is 18.9 Å². The highest BCUT2D eigenvalue weighted by atomic mass is 16.2. The zero-order chi connectivity index (χ0) is 9.97. The quantitative estimate of drug-likeness (QED) is 0.611. The first kappa shape index (κ1) is 9.01. The van der Waals surface area contributed by atoms with Gasteiger partial charge in [-0.1, -0.05) is 0 Å². The molecule has 2 rings (SSSR count). The first-order valence-corrected chi connectivity index (χ1v) is 4.54. The Kier molecular flexibility index (Phi) is 2.36. The Hall–Kier alpha value is -1.56. The van der Waals surface area contributed by atoms with Crippen LogP contribution in [0.15, 0.2) is 12.3 Å². The topological polar surface area (TPSA) is 71.0 Å². The van der Waals surface area contributed by atoms with Crippen molar-refractivity contribution in [3.05, 3.63) is 12.3 Å². The maximum atomic E-state index is 11.1. The Morgan fingerprint density at radius 1 is 1.71 bits per heavy atom. The van der Waals surface area contributed by atoms with Gasteiger partial charge >= 0.3 is 6.03 Å². The number of urea groups is 1. The molecule has 1 aliphatic rings. The third-order valence-corrected chi connectivity index (χ3v) is 2.24. The summed E-state index contributed by atoms with van der Waals surface area (Å²) in [5.41, 5.74) is 0. The van der Waals surface area contributed by atoms with Gasteiger partial charge in [0, 0.05) is 26.2 Å². The minimum atomic E-state index is -0.223. The van der Waals surface area contributed by atoms with Gasteiger partial charge in [0.15, 0.2) is 0 Å². The van der Waals surface area contributed by atoms with E-state index in [4.69, 9.17) is 0 Å². The van der Waals surface area contributed by atoms with Crippen LogP contribution in [0.1, 0.15) is 6.04 Å². The van der Waals surface area contributed by atoms with Crippen molar-refractivity contribution < 1.29 is 4.79 Å². The number of amides is 2. The first-order valence-electron chi connectivity index (χ1n) is 4.54. The van der Waals surface area contributed by atoms with Gasteiger partial charge in [-0.15, -0.1) is 0 Å².